The number of imidazole rings is 1. The van der Waals surface area contributed by atoms with Gasteiger partial charge in [0.1, 0.15) is 0 Å². The predicted molar refractivity (Wildman–Crippen MR) is 101 cm³/mol. The van der Waals surface area contributed by atoms with Crippen molar-refractivity contribution < 1.29 is 9.59 Å². The van der Waals surface area contributed by atoms with Crippen LogP contribution in [-0.4, -0.2) is 27.4 Å². The van der Waals surface area contributed by atoms with Crippen molar-refractivity contribution in [2.24, 2.45) is 5.92 Å². The van der Waals surface area contributed by atoms with E-state index in [-0.39, 0.29) is 17.9 Å². The Labute approximate surface area is 154 Å². The summed E-state index contributed by atoms with van der Waals surface area (Å²) >= 11 is 0. The minimum Gasteiger partial charge on any atom is -0.349 e. The van der Waals surface area contributed by atoms with Crippen molar-refractivity contribution in [1.82, 2.24) is 14.9 Å². The van der Waals surface area contributed by atoms with Gasteiger partial charge in [-0.2, -0.15) is 0 Å². The molecule has 138 valence electrons. The Balaban J connectivity index is 1.52. The van der Waals surface area contributed by atoms with Crippen LogP contribution in [0.4, 0.5) is 5.69 Å². The minimum atomic E-state index is -0.0856. The van der Waals surface area contributed by atoms with Gasteiger partial charge in [0.15, 0.2) is 0 Å². The predicted octanol–water partition coefficient (Wildman–Crippen LogP) is 3.22. The molecule has 1 aliphatic rings. The average Bonchev–Trinajstić information content (AvgIpc) is 3.16. The van der Waals surface area contributed by atoms with Crippen LogP contribution in [0.25, 0.3) is 0 Å². The van der Waals surface area contributed by atoms with E-state index in [0.29, 0.717) is 24.2 Å². The van der Waals surface area contributed by atoms with Gasteiger partial charge in [-0.15, -0.1) is 0 Å². The van der Waals surface area contributed by atoms with Crippen LogP contribution in [0, 0.1) is 5.92 Å². The summed E-state index contributed by atoms with van der Waals surface area (Å²) in [6.07, 6.45) is 9.96. The first kappa shape index (κ1) is 18.2. The van der Waals surface area contributed by atoms with Gasteiger partial charge in [0.25, 0.3) is 5.91 Å². The van der Waals surface area contributed by atoms with Crippen molar-refractivity contribution in [3.8, 4) is 0 Å². The lowest BCUT2D eigenvalue weighted by Crippen LogP contribution is -2.37. The van der Waals surface area contributed by atoms with E-state index >= 15 is 0 Å². The van der Waals surface area contributed by atoms with Crippen molar-refractivity contribution in [2.45, 2.75) is 51.6 Å². The summed E-state index contributed by atoms with van der Waals surface area (Å²) in [5, 5.41) is 5.97. The number of nitrogens with one attached hydrogen (secondary N) is 2. The molecule has 0 saturated heterocycles. The molecule has 2 N–H and O–H groups in total. The molecule has 1 heterocycles. The Morgan fingerprint density at radius 2 is 2.04 bits per heavy atom. The lowest BCUT2D eigenvalue weighted by atomic mass is 9.87. The second kappa shape index (κ2) is 8.65. The standard InChI is InChI=1S/C20H26N4O2/c1-15-5-7-17(8-6-15)23-20(26)16-3-2-4-18(13-16)22-19(25)9-11-24-12-10-21-14-24/h2-4,10,12-15,17H,5-9,11H2,1H3,(H,22,25)(H,23,26). The molecular weight excluding hydrogens is 328 g/mol. The van der Waals surface area contributed by atoms with Crippen LogP contribution in [0.15, 0.2) is 43.0 Å². The molecule has 0 bridgehead atoms. The van der Waals surface area contributed by atoms with Gasteiger partial charge >= 0.3 is 0 Å². The number of aryl methyl sites for hydroxylation is 1. The first-order chi connectivity index (χ1) is 12.6. The number of amides is 2. The smallest absolute Gasteiger partial charge is 0.251 e. The Kier molecular flexibility index (Phi) is 6.04. The third-order valence-corrected chi connectivity index (χ3v) is 4.92. The van der Waals surface area contributed by atoms with Crippen LogP contribution >= 0.6 is 0 Å². The van der Waals surface area contributed by atoms with Gasteiger partial charge in [-0.1, -0.05) is 13.0 Å². The van der Waals surface area contributed by atoms with E-state index in [9.17, 15) is 9.59 Å². The fourth-order valence-electron chi connectivity index (χ4n) is 3.28. The third kappa shape index (κ3) is 5.18. The third-order valence-electron chi connectivity index (χ3n) is 4.92. The molecule has 6 heteroatoms. The van der Waals surface area contributed by atoms with Crippen LogP contribution in [0.3, 0.4) is 0 Å². The number of carbonyl (C=O) groups excluding carboxylic acids is 2. The highest BCUT2D eigenvalue weighted by Crippen LogP contribution is 2.23. The maximum atomic E-state index is 12.5. The van der Waals surface area contributed by atoms with Crippen molar-refractivity contribution in [1.29, 1.82) is 0 Å². The van der Waals surface area contributed by atoms with E-state index in [0.717, 1.165) is 31.6 Å². The van der Waals surface area contributed by atoms with Gasteiger partial charge in [-0.3, -0.25) is 9.59 Å². The van der Waals surface area contributed by atoms with E-state index in [4.69, 9.17) is 0 Å². The lowest BCUT2D eigenvalue weighted by molar-refractivity contribution is -0.116. The second-order valence-electron chi connectivity index (χ2n) is 7.11. The maximum Gasteiger partial charge on any atom is 0.251 e. The molecule has 1 aliphatic carbocycles. The molecule has 1 saturated carbocycles. The molecule has 0 atom stereocenters. The van der Waals surface area contributed by atoms with Crippen molar-refractivity contribution in [3.05, 3.63) is 48.5 Å². The molecule has 6 nitrogen and oxygen atoms in total. The summed E-state index contributed by atoms with van der Waals surface area (Å²) in [5.74, 6) is 0.598. The number of hydrogen-bond acceptors (Lipinski definition) is 3. The summed E-state index contributed by atoms with van der Waals surface area (Å²) in [6, 6.07) is 7.36. The van der Waals surface area contributed by atoms with Crippen molar-refractivity contribution in [3.63, 3.8) is 0 Å². The molecule has 1 aromatic carbocycles. The van der Waals surface area contributed by atoms with Crippen LogP contribution in [0.2, 0.25) is 0 Å². The topological polar surface area (TPSA) is 76.0 Å². The van der Waals surface area contributed by atoms with Gasteiger partial charge in [-0.25, -0.2) is 4.98 Å². The number of nitrogens with zero attached hydrogens (tertiary/aromatic N) is 2. The Hall–Kier alpha value is -2.63. The Morgan fingerprint density at radius 1 is 1.23 bits per heavy atom. The van der Waals surface area contributed by atoms with E-state index in [1.165, 1.54) is 0 Å². The van der Waals surface area contributed by atoms with Gasteiger partial charge in [0.05, 0.1) is 6.33 Å². The monoisotopic (exact) mass is 354 g/mol. The van der Waals surface area contributed by atoms with E-state index in [1.54, 1.807) is 36.8 Å². The van der Waals surface area contributed by atoms with E-state index in [2.05, 4.69) is 22.5 Å². The summed E-state index contributed by atoms with van der Waals surface area (Å²) in [7, 11) is 0. The number of aromatic nitrogens is 2. The molecule has 0 radical (unpaired) electrons. The quantitative estimate of drug-likeness (QED) is 0.836. The van der Waals surface area contributed by atoms with Gasteiger partial charge in [0, 0.05) is 42.7 Å². The number of hydrogen-bond donors (Lipinski definition) is 2. The van der Waals surface area contributed by atoms with Crippen LogP contribution in [0.5, 0.6) is 0 Å². The molecule has 0 unspecified atom stereocenters. The molecule has 26 heavy (non-hydrogen) atoms. The highest BCUT2D eigenvalue weighted by molar-refractivity contribution is 5.97. The largest absolute Gasteiger partial charge is 0.349 e. The minimum absolute atomic E-state index is 0.0703. The zero-order valence-electron chi connectivity index (χ0n) is 15.1. The van der Waals surface area contributed by atoms with Crippen LogP contribution < -0.4 is 10.6 Å². The normalized spacial score (nSPS) is 19.7. The highest BCUT2D eigenvalue weighted by Gasteiger charge is 2.20. The lowest BCUT2D eigenvalue weighted by Gasteiger charge is -2.26. The van der Waals surface area contributed by atoms with Crippen molar-refractivity contribution in [2.75, 3.05) is 5.32 Å². The fourth-order valence-corrected chi connectivity index (χ4v) is 3.28. The molecule has 2 amide bonds. The van der Waals surface area contributed by atoms with Crippen molar-refractivity contribution >= 4 is 17.5 Å². The fraction of sp³-hybridized carbons (Fsp3) is 0.450. The van der Waals surface area contributed by atoms with Gasteiger partial charge in [-0.05, 0) is 49.8 Å². The molecule has 1 aromatic heterocycles. The molecular formula is C20H26N4O2. The SMILES string of the molecule is CC1CCC(NC(=O)c2cccc(NC(=O)CCn3ccnc3)c2)CC1. The van der Waals surface area contributed by atoms with Crippen LogP contribution in [-0.2, 0) is 11.3 Å². The molecule has 1 fully saturated rings. The number of rotatable bonds is 6. The summed E-state index contributed by atoms with van der Waals surface area (Å²) in [4.78, 5) is 28.5. The first-order valence-electron chi connectivity index (χ1n) is 9.26. The number of benzene rings is 1. The molecule has 3 rings (SSSR count). The number of anilines is 1. The Morgan fingerprint density at radius 3 is 2.77 bits per heavy atom. The van der Waals surface area contributed by atoms with Gasteiger partial charge < -0.3 is 15.2 Å². The van der Waals surface area contributed by atoms with Crippen LogP contribution in [0.1, 0.15) is 49.4 Å². The second-order valence-corrected chi connectivity index (χ2v) is 7.11. The van der Waals surface area contributed by atoms with E-state index < -0.39 is 0 Å². The molecule has 0 aliphatic heterocycles. The Bertz CT molecular complexity index is 734. The zero-order chi connectivity index (χ0) is 18.4. The maximum absolute atomic E-state index is 12.5. The highest BCUT2D eigenvalue weighted by atomic mass is 16.2. The molecule has 0 spiro atoms. The number of carbonyl (C=O) groups is 2. The van der Waals surface area contributed by atoms with Gasteiger partial charge in [0.2, 0.25) is 5.91 Å². The first-order valence-corrected chi connectivity index (χ1v) is 9.26. The molecule has 2 aromatic rings. The van der Waals surface area contributed by atoms with E-state index in [1.807, 2.05) is 10.8 Å². The summed E-state index contributed by atoms with van der Waals surface area (Å²) < 4.78 is 1.86. The summed E-state index contributed by atoms with van der Waals surface area (Å²) in [6.45, 7) is 2.84. The summed E-state index contributed by atoms with van der Waals surface area (Å²) in [5.41, 5.74) is 1.22. The zero-order valence-corrected chi connectivity index (χ0v) is 15.1. The average molecular weight is 354 g/mol.